The molecule has 0 bridgehead atoms. The summed E-state index contributed by atoms with van der Waals surface area (Å²) in [6, 6.07) is 10.7. The number of pyridine rings is 1. The van der Waals surface area contributed by atoms with Gasteiger partial charge in [-0.15, -0.1) is 0 Å². The Morgan fingerprint density at radius 3 is 2.17 bits per heavy atom. The zero-order valence-electron chi connectivity index (χ0n) is 23.2. The van der Waals surface area contributed by atoms with E-state index in [4.69, 9.17) is 23.7 Å². The Kier molecular flexibility index (Phi) is 10.4. The standard InChI is InChI=1S/C29H34N2O9/c1-6-40-29(35)21-16-31-28(34)25(26(21)33)20(18-13-22(37-3)27(39-5)23(14-18)38-4)15-24(32)30-12-11-17-7-9-19(36-2)10-8-17/h7-10,13-14,16,20H,6,11-12,15H2,1-5H3,(H,30,32)(H2,31,33,34). The first-order valence-corrected chi connectivity index (χ1v) is 12.6. The highest BCUT2D eigenvalue weighted by atomic mass is 16.5. The highest BCUT2D eigenvalue weighted by molar-refractivity contribution is 5.92. The lowest BCUT2D eigenvalue weighted by Crippen LogP contribution is -2.29. The highest BCUT2D eigenvalue weighted by Gasteiger charge is 2.30. The molecule has 1 heterocycles. The Balaban J connectivity index is 2.00. The smallest absolute Gasteiger partial charge is 0.343 e. The van der Waals surface area contributed by atoms with Gasteiger partial charge in [0, 0.05) is 25.1 Å². The predicted octanol–water partition coefficient (Wildman–Crippen LogP) is 3.17. The summed E-state index contributed by atoms with van der Waals surface area (Å²) in [6.45, 7) is 2.02. The number of methoxy groups -OCH3 is 4. The van der Waals surface area contributed by atoms with Crippen LogP contribution in [0.25, 0.3) is 0 Å². The fraction of sp³-hybridized carbons (Fsp3) is 0.345. The fourth-order valence-corrected chi connectivity index (χ4v) is 4.31. The number of carbonyl (C=O) groups excluding carboxylic acids is 2. The molecule has 0 radical (unpaired) electrons. The van der Waals surface area contributed by atoms with Gasteiger partial charge in [0.1, 0.15) is 17.1 Å². The molecule has 11 nitrogen and oxygen atoms in total. The van der Waals surface area contributed by atoms with E-state index in [9.17, 15) is 19.5 Å². The van der Waals surface area contributed by atoms with Crippen molar-refractivity contribution < 1.29 is 38.4 Å². The van der Waals surface area contributed by atoms with Gasteiger partial charge >= 0.3 is 5.97 Å². The first-order valence-electron chi connectivity index (χ1n) is 12.6. The van der Waals surface area contributed by atoms with Crippen molar-refractivity contribution in [2.45, 2.75) is 25.7 Å². The van der Waals surface area contributed by atoms with E-state index < -0.39 is 23.2 Å². The van der Waals surface area contributed by atoms with Gasteiger partial charge in [-0.2, -0.15) is 0 Å². The summed E-state index contributed by atoms with van der Waals surface area (Å²) < 4.78 is 26.5. The third-order valence-electron chi connectivity index (χ3n) is 6.32. The number of benzene rings is 2. The molecule has 3 aromatic rings. The molecule has 0 saturated heterocycles. The molecule has 0 aliphatic carbocycles. The van der Waals surface area contributed by atoms with E-state index in [-0.39, 0.29) is 30.1 Å². The Morgan fingerprint density at radius 2 is 1.62 bits per heavy atom. The van der Waals surface area contributed by atoms with Gasteiger partial charge in [0.05, 0.1) is 40.6 Å². The summed E-state index contributed by atoms with van der Waals surface area (Å²) in [5, 5.41) is 13.9. The maximum Gasteiger partial charge on any atom is 0.343 e. The summed E-state index contributed by atoms with van der Waals surface area (Å²) in [4.78, 5) is 41.2. The van der Waals surface area contributed by atoms with E-state index in [0.717, 1.165) is 17.5 Å². The molecule has 0 saturated carbocycles. The second-order valence-electron chi connectivity index (χ2n) is 8.68. The van der Waals surface area contributed by atoms with Gasteiger partial charge in [-0.3, -0.25) is 9.59 Å². The third kappa shape index (κ3) is 6.85. The molecule has 11 heteroatoms. The van der Waals surface area contributed by atoms with Gasteiger partial charge in [0.2, 0.25) is 11.7 Å². The van der Waals surface area contributed by atoms with E-state index in [2.05, 4.69) is 10.3 Å². The lowest BCUT2D eigenvalue weighted by atomic mass is 9.87. The number of rotatable bonds is 13. The zero-order valence-corrected chi connectivity index (χ0v) is 23.2. The number of amides is 1. The minimum atomic E-state index is -0.993. The fourth-order valence-electron chi connectivity index (χ4n) is 4.31. The van der Waals surface area contributed by atoms with Crippen molar-refractivity contribution in [1.82, 2.24) is 10.3 Å². The van der Waals surface area contributed by atoms with Crippen LogP contribution in [-0.4, -0.2) is 63.6 Å². The van der Waals surface area contributed by atoms with Crippen molar-refractivity contribution in [2.75, 3.05) is 41.6 Å². The Hall–Kier alpha value is -4.67. The molecular weight excluding hydrogens is 520 g/mol. The van der Waals surface area contributed by atoms with Crippen LogP contribution < -0.4 is 29.8 Å². The Labute approximate surface area is 232 Å². The molecule has 1 atom stereocenters. The van der Waals surface area contributed by atoms with Gasteiger partial charge in [0.15, 0.2) is 11.5 Å². The number of nitrogens with one attached hydrogen (secondary N) is 2. The topological polar surface area (TPSA) is 145 Å². The van der Waals surface area contributed by atoms with Crippen molar-refractivity contribution >= 4 is 11.9 Å². The lowest BCUT2D eigenvalue weighted by Gasteiger charge is -2.22. The van der Waals surface area contributed by atoms with Gasteiger partial charge in [0.25, 0.3) is 5.56 Å². The average Bonchev–Trinajstić information content (AvgIpc) is 2.96. The Morgan fingerprint density at radius 1 is 0.975 bits per heavy atom. The van der Waals surface area contributed by atoms with Gasteiger partial charge in [-0.05, 0) is 48.7 Å². The maximum atomic E-state index is 13.2. The lowest BCUT2D eigenvalue weighted by molar-refractivity contribution is -0.121. The predicted molar refractivity (Wildman–Crippen MR) is 147 cm³/mol. The van der Waals surface area contributed by atoms with E-state index >= 15 is 0 Å². The van der Waals surface area contributed by atoms with Crippen molar-refractivity contribution in [3.8, 4) is 28.7 Å². The largest absolute Gasteiger partial charge is 0.506 e. The van der Waals surface area contributed by atoms with Crippen LogP contribution in [0.3, 0.4) is 0 Å². The van der Waals surface area contributed by atoms with Gasteiger partial charge in [-0.25, -0.2) is 4.79 Å². The summed E-state index contributed by atoms with van der Waals surface area (Å²) in [5.41, 5.74) is 0.342. The molecule has 0 aliphatic rings. The number of hydrogen-bond acceptors (Lipinski definition) is 9. The molecule has 0 spiro atoms. The summed E-state index contributed by atoms with van der Waals surface area (Å²) in [5.74, 6) is -1.14. The molecule has 2 aromatic carbocycles. The first-order chi connectivity index (χ1) is 19.3. The average molecular weight is 555 g/mol. The van der Waals surface area contributed by atoms with Crippen molar-refractivity contribution in [1.29, 1.82) is 0 Å². The van der Waals surface area contributed by atoms with Crippen molar-refractivity contribution in [3.63, 3.8) is 0 Å². The van der Waals surface area contributed by atoms with Crippen LogP contribution in [0.1, 0.15) is 46.3 Å². The maximum absolute atomic E-state index is 13.2. The molecule has 214 valence electrons. The second-order valence-corrected chi connectivity index (χ2v) is 8.68. The van der Waals surface area contributed by atoms with Crippen LogP contribution in [0.2, 0.25) is 0 Å². The number of hydrogen-bond donors (Lipinski definition) is 3. The van der Waals surface area contributed by atoms with Crippen LogP contribution >= 0.6 is 0 Å². The summed E-state index contributed by atoms with van der Waals surface area (Å²) >= 11 is 0. The monoisotopic (exact) mass is 554 g/mol. The van der Waals surface area contributed by atoms with E-state index in [1.165, 1.54) is 21.3 Å². The minimum Gasteiger partial charge on any atom is -0.506 e. The molecule has 1 amide bonds. The number of carbonyl (C=O) groups is 2. The SMILES string of the molecule is CCOC(=O)c1c[nH]c(=O)c(C(CC(=O)NCCc2ccc(OC)cc2)c2cc(OC)c(OC)c(OC)c2)c1O. The van der Waals surface area contributed by atoms with Crippen LogP contribution in [-0.2, 0) is 16.0 Å². The van der Waals surface area contributed by atoms with Crippen LogP contribution in [0.15, 0.2) is 47.4 Å². The Bertz CT molecular complexity index is 1360. The van der Waals surface area contributed by atoms with Crippen LogP contribution in [0.5, 0.6) is 28.7 Å². The molecule has 1 aromatic heterocycles. The number of ether oxygens (including phenoxy) is 5. The number of esters is 1. The highest BCUT2D eigenvalue weighted by Crippen LogP contribution is 2.43. The van der Waals surface area contributed by atoms with Crippen molar-refractivity contribution in [2.24, 2.45) is 0 Å². The van der Waals surface area contributed by atoms with E-state index in [0.29, 0.717) is 35.8 Å². The van der Waals surface area contributed by atoms with E-state index in [1.54, 1.807) is 26.2 Å². The number of aromatic hydroxyl groups is 1. The molecular formula is C29H34N2O9. The normalized spacial score (nSPS) is 11.3. The first kappa shape index (κ1) is 29.9. The number of aromatic nitrogens is 1. The molecule has 40 heavy (non-hydrogen) atoms. The minimum absolute atomic E-state index is 0.0691. The third-order valence-corrected chi connectivity index (χ3v) is 6.32. The van der Waals surface area contributed by atoms with Crippen LogP contribution in [0, 0.1) is 0 Å². The molecule has 3 N–H and O–H groups in total. The summed E-state index contributed by atoms with van der Waals surface area (Å²) in [7, 11) is 5.92. The second kappa shape index (κ2) is 13.9. The molecule has 1 unspecified atom stereocenters. The number of H-pyrrole nitrogens is 1. The number of aromatic amines is 1. The van der Waals surface area contributed by atoms with Gasteiger partial charge < -0.3 is 39.1 Å². The quantitative estimate of drug-likeness (QED) is 0.271. The summed E-state index contributed by atoms with van der Waals surface area (Å²) in [6.07, 6.45) is 1.42. The van der Waals surface area contributed by atoms with Gasteiger partial charge in [-0.1, -0.05) is 12.1 Å². The molecule has 0 aliphatic heterocycles. The molecule has 3 rings (SSSR count). The van der Waals surface area contributed by atoms with E-state index in [1.807, 2.05) is 24.3 Å². The zero-order chi connectivity index (χ0) is 29.2. The van der Waals surface area contributed by atoms with Crippen molar-refractivity contribution in [3.05, 3.63) is 75.2 Å². The molecule has 0 fully saturated rings. The van der Waals surface area contributed by atoms with Crippen LogP contribution in [0.4, 0.5) is 0 Å².